The van der Waals surface area contributed by atoms with Crippen LogP contribution in [0.2, 0.25) is 0 Å². The molecule has 20 heavy (non-hydrogen) atoms. The van der Waals surface area contributed by atoms with Crippen LogP contribution in [0.25, 0.3) is 10.8 Å². The summed E-state index contributed by atoms with van der Waals surface area (Å²) in [5.41, 5.74) is 10.8. The number of hydrogen-bond acceptors (Lipinski definition) is 1. The van der Waals surface area contributed by atoms with Gasteiger partial charge >= 0.3 is 0 Å². The molecule has 0 saturated heterocycles. The number of aryl methyl sites for hydroxylation is 1. The Balaban J connectivity index is 2.07. The van der Waals surface area contributed by atoms with Crippen LogP contribution < -0.4 is 5.73 Å². The lowest BCUT2D eigenvalue weighted by atomic mass is 9.89. The zero-order chi connectivity index (χ0) is 14.1. The Hall–Kier alpha value is -2.28. The maximum Gasteiger partial charge on any atom is 0.0352 e. The number of benzene rings is 3. The average Bonchev–Trinajstić information content (AvgIpc) is 2.48. The third kappa shape index (κ3) is 2.27. The van der Waals surface area contributed by atoms with E-state index in [1.807, 2.05) is 6.07 Å². The van der Waals surface area contributed by atoms with E-state index in [9.17, 15) is 0 Å². The topological polar surface area (TPSA) is 26.0 Å². The first-order valence-electron chi connectivity index (χ1n) is 7.00. The maximum atomic E-state index is 6.14. The van der Waals surface area contributed by atoms with Crippen molar-refractivity contribution in [2.45, 2.75) is 19.8 Å². The SMILES string of the molecule is Cc1ccc(N)c([C@@H](C)c2ccc3ccccc3c2)c1. The van der Waals surface area contributed by atoms with Crippen LogP contribution in [0.3, 0.4) is 0 Å². The van der Waals surface area contributed by atoms with Crippen LogP contribution in [-0.4, -0.2) is 0 Å². The second kappa shape index (κ2) is 5.01. The first kappa shape index (κ1) is 12.7. The number of nitrogens with two attached hydrogens (primary N) is 1. The van der Waals surface area contributed by atoms with E-state index in [-0.39, 0.29) is 0 Å². The third-order valence-corrected chi connectivity index (χ3v) is 3.98. The molecule has 0 unspecified atom stereocenters. The van der Waals surface area contributed by atoms with Gasteiger partial charge in [0.15, 0.2) is 0 Å². The van der Waals surface area contributed by atoms with E-state index in [1.54, 1.807) is 0 Å². The summed E-state index contributed by atoms with van der Waals surface area (Å²) >= 11 is 0. The van der Waals surface area contributed by atoms with Crippen molar-refractivity contribution in [3.8, 4) is 0 Å². The highest BCUT2D eigenvalue weighted by atomic mass is 14.6. The fourth-order valence-electron chi connectivity index (χ4n) is 2.73. The predicted octanol–water partition coefficient (Wildman–Crippen LogP) is 4.88. The average molecular weight is 261 g/mol. The van der Waals surface area contributed by atoms with Crippen LogP contribution >= 0.6 is 0 Å². The highest BCUT2D eigenvalue weighted by molar-refractivity contribution is 5.83. The Morgan fingerprint density at radius 3 is 2.40 bits per heavy atom. The molecule has 1 heteroatoms. The van der Waals surface area contributed by atoms with E-state index in [1.165, 1.54) is 27.5 Å². The lowest BCUT2D eigenvalue weighted by molar-refractivity contribution is 0.926. The second-order valence-electron chi connectivity index (χ2n) is 5.46. The molecule has 100 valence electrons. The molecule has 2 N–H and O–H groups in total. The number of nitrogen functional groups attached to an aromatic ring is 1. The molecule has 3 rings (SSSR count). The second-order valence-corrected chi connectivity index (χ2v) is 5.46. The van der Waals surface area contributed by atoms with Gasteiger partial charge in [-0.15, -0.1) is 0 Å². The number of fused-ring (bicyclic) bond motifs is 1. The summed E-state index contributed by atoms with van der Waals surface area (Å²) in [5.74, 6) is 0.305. The van der Waals surface area contributed by atoms with Crippen LogP contribution in [0.5, 0.6) is 0 Å². The summed E-state index contributed by atoms with van der Waals surface area (Å²) in [5, 5.41) is 2.56. The molecule has 0 aliphatic rings. The highest BCUT2D eigenvalue weighted by Crippen LogP contribution is 2.31. The summed E-state index contributed by atoms with van der Waals surface area (Å²) in [6.07, 6.45) is 0. The van der Waals surface area contributed by atoms with Gasteiger partial charge in [0.1, 0.15) is 0 Å². The summed E-state index contributed by atoms with van der Waals surface area (Å²) in [6, 6.07) is 21.4. The zero-order valence-corrected chi connectivity index (χ0v) is 11.9. The molecule has 0 spiro atoms. The van der Waals surface area contributed by atoms with Crippen molar-refractivity contribution < 1.29 is 0 Å². The minimum atomic E-state index is 0.305. The Morgan fingerprint density at radius 2 is 1.60 bits per heavy atom. The number of rotatable bonds is 2. The zero-order valence-electron chi connectivity index (χ0n) is 11.9. The lowest BCUT2D eigenvalue weighted by Gasteiger charge is -2.16. The van der Waals surface area contributed by atoms with Gasteiger partial charge in [0.25, 0.3) is 0 Å². The van der Waals surface area contributed by atoms with Crippen LogP contribution in [-0.2, 0) is 0 Å². The van der Waals surface area contributed by atoms with E-state index in [4.69, 9.17) is 5.73 Å². The van der Waals surface area contributed by atoms with Crippen molar-refractivity contribution in [3.63, 3.8) is 0 Å². The standard InChI is InChI=1S/C19H19N/c1-13-7-10-19(20)18(11-13)14(2)16-9-8-15-5-3-4-6-17(15)12-16/h3-12,14H,20H2,1-2H3/t14-/m0/s1. The van der Waals surface area contributed by atoms with Gasteiger partial charge in [0, 0.05) is 11.6 Å². The molecule has 3 aromatic rings. The Bertz CT molecular complexity index is 759. The van der Waals surface area contributed by atoms with Crippen molar-refractivity contribution >= 4 is 16.5 Å². The fraction of sp³-hybridized carbons (Fsp3) is 0.158. The molecule has 1 atom stereocenters. The molecule has 0 aliphatic heterocycles. The van der Waals surface area contributed by atoms with Crippen LogP contribution in [0.1, 0.15) is 29.5 Å². The van der Waals surface area contributed by atoms with Gasteiger partial charge in [0.05, 0.1) is 0 Å². The molecular weight excluding hydrogens is 242 g/mol. The van der Waals surface area contributed by atoms with E-state index >= 15 is 0 Å². The molecule has 0 aromatic heterocycles. The molecule has 0 bridgehead atoms. The first-order chi connectivity index (χ1) is 9.65. The van der Waals surface area contributed by atoms with E-state index < -0.39 is 0 Å². The van der Waals surface area contributed by atoms with E-state index in [0.29, 0.717) is 5.92 Å². The van der Waals surface area contributed by atoms with Crippen molar-refractivity contribution in [1.82, 2.24) is 0 Å². The van der Waals surface area contributed by atoms with Crippen molar-refractivity contribution in [2.75, 3.05) is 5.73 Å². The van der Waals surface area contributed by atoms with Gasteiger partial charge in [-0.3, -0.25) is 0 Å². The molecule has 0 fully saturated rings. The molecule has 0 aliphatic carbocycles. The van der Waals surface area contributed by atoms with Crippen LogP contribution in [0.4, 0.5) is 5.69 Å². The van der Waals surface area contributed by atoms with Crippen LogP contribution in [0.15, 0.2) is 60.7 Å². The molecule has 3 aromatic carbocycles. The molecular formula is C19H19N. The normalized spacial score (nSPS) is 12.5. The van der Waals surface area contributed by atoms with Gasteiger partial charge in [-0.05, 0) is 34.9 Å². The van der Waals surface area contributed by atoms with Gasteiger partial charge in [-0.2, -0.15) is 0 Å². The minimum absolute atomic E-state index is 0.305. The molecule has 0 radical (unpaired) electrons. The third-order valence-electron chi connectivity index (χ3n) is 3.98. The van der Waals surface area contributed by atoms with Crippen molar-refractivity contribution in [1.29, 1.82) is 0 Å². The van der Waals surface area contributed by atoms with Crippen LogP contribution in [0, 0.1) is 6.92 Å². The Morgan fingerprint density at radius 1 is 0.850 bits per heavy atom. The highest BCUT2D eigenvalue weighted by Gasteiger charge is 2.12. The summed E-state index contributed by atoms with van der Waals surface area (Å²) in [4.78, 5) is 0. The summed E-state index contributed by atoms with van der Waals surface area (Å²) in [7, 11) is 0. The predicted molar refractivity (Wildman–Crippen MR) is 87.1 cm³/mol. The van der Waals surface area contributed by atoms with E-state index in [2.05, 4.69) is 68.4 Å². The molecule has 0 saturated carbocycles. The molecule has 0 heterocycles. The Kier molecular flexibility index (Phi) is 3.19. The maximum absolute atomic E-state index is 6.14. The van der Waals surface area contributed by atoms with Gasteiger partial charge in [-0.1, -0.05) is 67.1 Å². The minimum Gasteiger partial charge on any atom is -0.398 e. The van der Waals surface area contributed by atoms with Gasteiger partial charge < -0.3 is 5.73 Å². The van der Waals surface area contributed by atoms with Crippen molar-refractivity contribution in [3.05, 3.63) is 77.4 Å². The monoisotopic (exact) mass is 261 g/mol. The van der Waals surface area contributed by atoms with Crippen molar-refractivity contribution in [2.24, 2.45) is 0 Å². The Labute approximate surface area is 120 Å². The number of hydrogen-bond donors (Lipinski definition) is 1. The smallest absolute Gasteiger partial charge is 0.0352 e. The molecule has 1 nitrogen and oxygen atoms in total. The number of anilines is 1. The van der Waals surface area contributed by atoms with E-state index in [0.717, 1.165) is 5.69 Å². The lowest BCUT2D eigenvalue weighted by Crippen LogP contribution is -2.01. The first-order valence-corrected chi connectivity index (χ1v) is 7.00. The largest absolute Gasteiger partial charge is 0.398 e. The summed E-state index contributed by atoms with van der Waals surface area (Å²) in [6.45, 7) is 4.32. The molecule has 0 amide bonds. The van der Waals surface area contributed by atoms with Gasteiger partial charge in [-0.25, -0.2) is 0 Å². The van der Waals surface area contributed by atoms with Gasteiger partial charge in [0.2, 0.25) is 0 Å². The quantitative estimate of drug-likeness (QED) is 0.653. The summed E-state index contributed by atoms with van der Waals surface area (Å²) < 4.78 is 0. The fourth-order valence-corrected chi connectivity index (χ4v) is 2.73.